The van der Waals surface area contributed by atoms with E-state index in [0.29, 0.717) is 18.8 Å². The number of nitro groups is 1. The number of benzene rings is 2. The van der Waals surface area contributed by atoms with E-state index in [-0.39, 0.29) is 22.5 Å². The van der Waals surface area contributed by atoms with E-state index >= 15 is 0 Å². The number of anilines is 2. The number of carbonyl (C=O) groups is 1. The number of rotatable bonds is 5. The van der Waals surface area contributed by atoms with Crippen LogP contribution in [0.3, 0.4) is 0 Å². The minimum atomic E-state index is -4.59. The Bertz CT molecular complexity index is 1280. The number of halogens is 3. The van der Waals surface area contributed by atoms with Crippen molar-refractivity contribution in [3.05, 3.63) is 62.6 Å². The fourth-order valence-electron chi connectivity index (χ4n) is 3.87. The summed E-state index contributed by atoms with van der Waals surface area (Å²) in [6.45, 7) is 0.761. The molecule has 0 spiro atoms. The number of alkyl halides is 3. The number of nitrogens with one attached hydrogen (secondary N) is 1. The molecular formula is C21H19F3N4O5. The van der Waals surface area contributed by atoms with Crippen molar-refractivity contribution in [2.75, 3.05) is 23.3 Å². The molecule has 1 aliphatic heterocycles. The first-order valence-corrected chi connectivity index (χ1v) is 10.2. The van der Waals surface area contributed by atoms with Crippen LogP contribution in [0.5, 0.6) is 0 Å². The van der Waals surface area contributed by atoms with Crippen LogP contribution < -0.4 is 16.0 Å². The van der Waals surface area contributed by atoms with E-state index in [0.717, 1.165) is 48.1 Å². The molecule has 1 aliphatic rings. The zero-order chi connectivity index (χ0) is 23.8. The van der Waals surface area contributed by atoms with Gasteiger partial charge >= 0.3 is 11.9 Å². The van der Waals surface area contributed by atoms with Crippen molar-refractivity contribution in [1.29, 1.82) is 0 Å². The molecule has 1 aromatic heterocycles. The molecule has 0 saturated carbocycles. The molecule has 1 fully saturated rings. The summed E-state index contributed by atoms with van der Waals surface area (Å²) in [5.74, 6) is -1.66. The number of aromatic nitrogens is 1. The van der Waals surface area contributed by atoms with Crippen molar-refractivity contribution in [1.82, 2.24) is 4.57 Å². The van der Waals surface area contributed by atoms with Crippen LogP contribution in [0.2, 0.25) is 0 Å². The van der Waals surface area contributed by atoms with Gasteiger partial charge in [-0.2, -0.15) is 13.2 Å². The standard InChI is InChI=1S/C21H19F3N4O5/c22-21(23,24)13-4-6-16(26-8-2-1-3-9-26)15(10-13)25-19(29)12-27-17-7-5-14(28(31)32)11-18(17)33-20(27)30/h4-7,10-11H,1-3,8-9,12H2,(H,25,29). The van der Waals surface area contributed by atoms with E-state index in [2.05, 4.69) is 5.32 Å². The molecule has 0 atom stereocenters. The van der Waals surface area contributed by atoms with Gasteiger partial charge in [0.2, 0.25) is 5.91 Å². The third-order valence-electron chi connectivity index (χ3n) is 5.46. The lowest BCUT2D eigenvalue weighted by molar-refractivity contribution is -0.384. The second-order valence-electron chi connectivity index (χ2n) is 7.69. The molecule has 1 N–H and O–H groups in total. The number of amides is 1. The van der Waals surface area contributed by atoms with Gasteiger partial charge in [-0.1, -0.05) is 0 Å². The monoisotopic (exact) mass is 464 g/mol. The Hall–Kier alpha value is -3.83. The Morgan fingerprint density at radius 3 is 2.52 bits per heavy atom. The van der Waals surface area contributed by atoms with Gasteiger partial charge in [0.25, 0.3) is 5.69 Å². The van der Waals surface area contributed by atoms with Crippen LogP contribution in [0, 0.1) is 10.1 Å². The number of hydrogen-bond donors (Lipinski definition) is 1. The summed E-state index contributed by atoms with van der Waals surface area (Å²) in [6, 6.07) is 6.68. The molecule has 1 amide bonds. The van der Waals surface area contributed by atoms with Crippen LogP contribution in [-0.4, -0.2) is 28.5 Å². The molecule has 0 aliphatic carbocycles. The molecule has 4 rings (SSSR count). The Morgan fingerprint density at radius 2 is 1.85 bits per heavy atom. The van der Waals surface area contributed by atoms with E-state index < -0.39 is 34.9 Å². The number of hydrogen-bond acceptors (Lipinski definition) is 6. The molecule has 9 nitrogen and oxygen atoms in total. The highest BCUT2D eigenvalue weighted by Crippen LogP contribution is 2.36. The zero-order valence-electron chi connectivity index (χ0n) is 17.2. The van der Waals surface area contributed by atoms with Crippen molar-refractivity contribution in [2.45, 2.75) is 32.0 Å². The minimum Gasteiger partial charge on any atom is -0.407 e. The van der Waals surface area contributed by atoms with Gasteiger partial charge in [-0.15, -0.1) is 0 Å². The average molecular weight is 464 g/mol. The zero-order valence-corrected chi connectivity index (χ0v) is 17.2. The summed E-state index contributed by atoms with van der Waals surface area (Å²) in [5.41, 5.74) is -0.653. The van der Waals surface area contributed by atoms with Crippen LogP contribution in [0.1, 0.15) is 24.8 Å². The van der Waals surface area contributed by atoms with Crippen molar-refractivity contribution >= 4 is 34.1 Å². The second-order valence-corrected chi connectivity index (χ2v) is 7.69. The van der Waals surface area contributed by atoms with E-state index in [4.69, 9.17) is 4.42 Å². The lowest BCUT2D eigenvalue weighted by Crippen LogP contribution is -2.31. The smallest absolute Gasteiger partial charge is 0.407 e. The highest BCUT2D eigenvalue weighted by atomic mass is 19.4. The maximum atomic E-state index is 13.3. The Labute approximate surface area is 184 Å². The van der Waals surface area contributed by atoms with Gasteiger partial charge in [0, 0.05) is 19.2 Å². The maximum absolute atomic E-state index is 13.3. The quantitative estimate of drug-likeness (QED) is 0.449. The van der Waals surface area contributed by atoms with Gasteiger partial charge < -0.3 is 14.6 Å². The van der Waals surface area contributed by atoms with Gasteiger partial charge in [0.05, 0.1) is 33.4 Å². The number of oxazole rings is 1. The van der Waals surface area contributed by atoms with Crippen molar-refractivity contribution in [2.24, 2.45) is 0 Å². The van der Waals surface area contributed by atoms with E-state index in [1.165, 1.54) is 12.1 Å². The van der Waals surface area contributed by atoms with Gasteiger partial charge in [0.15, 0.2) is 5.58 Å². The highest BCUT2D eigenvalue weighted by molar-refractivity contribution is 5.95. The number of piperidine rings is 1. The summed E-state index contributed by atoms with van der Waals surface area (Å²) >= 11 is 0. The number of carbonyl (C=O) groups excluding carboxylic acids is 1. The normalized spacial score (nSPS) is 14.5. The molecule has 1 saturated heterocycles. The molecule has 174 valence electrons. The van der Waals surface area contributed by atoms with Crippen LogP contribution in [0.25, 0.3) is 11.1 Å². The highest BCUT2D eigenvalue weighted by Gasteiger charge is 2.32. The molecule has 3 aromatic rings. The number of non-ortho nitro benzene ring substituents is 1. The summed E-state index contributed by atoms with van der Waals surface area (Å²) in [5, 5.41) is 13.4. The van der Waals surface area contributed by atoms with E-state index in [1.807, 2.05) is 4.90 Å². The fraction of sp³-hybridized carbons (Fsp3) is 0.333. The molecule has 33 heavy (non-hydrogen) atoms. The summed E-state index contributed by atoms with van der Waals surface area (Å²) in [7, 11) is 0. The van der Waals surface area contributed by atoms with Crippen molar-refractivity contribution in [3.63, 3.8) is 0 Å². The third-order valence-corrected chi connectivity index (χ3v) is 5.46. The topological polar surface area (TPSA) is 111 Å². The van der Waals surface area contributed by atoms with E-state index in [9.17, 15) is 32.9 Å². The molecule has 0 unspecified atom stereocenters. The van der Waals surface area contributed by atoms with Crippen molar-refractivity contribution < 1.29 is 27.3 Å². The lowest BCUT2D eigenvalue weighted by atomic mass is 10.1. The summed E-state index contributed by atoms with van der Waals surface area (Å²) < 4.78 is 45.8. The predicted molar refractivity (Wildman–Crippen MR) is 113 cm³/mol. The summed E-state index contributed by atoms with van der Waals surface area (Å²) in [6.07, 6.45) is -1.80. The minimum absolute atomic E-state index is 0.00628. The second kappa shape index (κ2) is 8.60. The Kier molecular flexibility index (Phi) is 5.83. The van der Waals surface area contributed by atoms with Gasteiger partial charge in [-0.05, 0) is 43.5 Å². The lowest BCUT2D eigenvalue weighted by Gasteiger charge is -2.31. The average Bonchev–Trinajstić information content (AvgIpc) is 3.07. The number of nitro benzene ring substituents is 1. The van der Waals surface area contributed by atoms with Gasteiger partial charge in [-0.25, -0.2) is 4.79 Å². The third kappa shape index (κ3) is 4.69. The first-order chi connectivity index (χ1) is 15.6. The molecule has 2 heterocycles. The molecule has 12 heteroatoms. The Morgan fingerprint density at radius 1 is 1.12 bits per heavy atom. The van der Waals surface area contributed by atoms with Crippen LogP contribution in [-0.2, 0) is 17.5 Å². The predicted octanol–water partition coefficient (Wildman–Crippen LogP) is 4.15. The van der Waals surface area contributed by atoms with Crippen molar-refractivity contribution in [3.8, 4) is 0 Å². The van der Waals surface area contributed by atoms with Crippen LogP contribution >= 0.6 is 0 Å². The first kappa shape index (κ1) is 22.4. The fourth-order valence-corrected chi connectivity index (χ4v) is 3.87. The molecule has 0 radical (unpaired) electrons. The van der Waals surface area contributed by atoms with E-state index in [1.54, 1.807) is 0 Å². The largest absolute Gasteiger partial charge is 0.420 e. The maximum Gasteiger partial charge on any atom is 0.420 e. The van der Waals surface area contributed by atoms with Crippen LogP contribution in [0.15, 0.2) is 45.6 Å². The summed E-state index contributed by atoms with van der Waals surface area (Å²) in [4.78, 5) is 37.1. The number of nitrogens with zero attached hydrogens (tertiary/aromatic N) is 3. The van der Waals surface area contributed by atoms with Crippen LogP contribution in [0.4, 0.5) is 30.2 Å². The van der Waals surface area contributed by atoms with Gasteiger partial charge in [0.1, 0.15) is 6.54 Å². The molecule has 2 aromatic carbocycles. The SMILES string of the molecule is O=C(Cn1c(=O)oc2cc([N+](=O)[O-])ccc21)Nc1cc(C(F)(F)F)ccc1N1CCCCC1. The Balaban J connectivity index is 1.63. The number of fused-ring (bicyclic) bond motifs is 1. The molecule has 0 bridgehead atoms. The molecular weight excluding hydrogens is 445 g/mol. The van der Waals surface area contributed by atoms with Gasteiger partial charge in [-0.3, -0.25) is 19.5 Å². The first-order valence-electron chi connectivity index (χ1n) is 10.2.